The predicted octanol–water partition coefficient (Wildman–Crippen LogP) is 2.68. The number of nitriles is 1. The average molecular weight is 269 g/mol. The van der Waals surface area contributed by atoms with Gasteiger partial charge in [0, 0.05) is 18.4 Å². The number of carbonyl (C=O) groups is 1. The average Bonchev–Trinajstić information content (AvgIpc) is 2.48. The van der Waals surface area contributed by atoms with Crippen LogP contribution in [0.15, 0.2) is 30.1 Å². The van der Waals surface area contributed by atoms with E-state index in [1.54, 1.807) is 30.6 Å². The molecule has 104 valence electrons. The van der Waals surface area contributed by atoms with Crippen LogP contribution in [-0.4, -0.2) is 16.9 Å². The fourth-order valence-electron chi connectivity index (χ4n) is 2.55. The molecule has 4 nitrogen and oxygen atoms in total. The summed E-state index contributed by atoms with van der Waals surface area (Å²) in [5.41, 5.74) is 0.956. The van der Waals surface area contributed by atoms with Crippen molar-refractivity contribution < 1.29 is 4.79 Å². The summed E-state index contributed by atoms with van der Waals surface area (Å²) in [7, 11) is 0. The summed E-state index contributed by atoms with van der Waals surface area (Å²) in [6, 6.07) is 5.71. The Bertz CT molecular complexity index is 530. The topological polar surface area (TPSA) is 65.8 Å². The summed E-state index contributed by atoms with van der Waals surface area (Å²) in [5.74, 6) is 0.205. The summed E-state index contributed by atoms with van der Waals surface area (Å²) in [6.07, 6.45) is 9.40. The molecular weight excluding hydrogens is 250 g/mol. The second-order valence-corrected chi connectivity index (χ2v) is 5.29. The van der Waals surface area contributed by atoms with E-state index in [2.05, 4.69) is 17.2 Å². The molecule has 2 rings (SSSR count). The number of hydrogen-bond acceptors (Lipinski definition) is 3. The molecule has 1 amide bonds. The zero-order valence-corrected chi connectivity index (χ0v) is 11.7. The molecule has 1 saturated carbocycles. The molecule has 2 unspecified atom stereocenters. The van der Waals surface area contributed by atoms with Crippen LogP contribution in [-0.2, 0) is 4.79 Å². The van der Waals surface area contributed by atoms with E-state index in [9.17, 15) is 4.79 Å². The fraction of sp³-hybridized carbons (Fsp3) is 0.438. The molecule has 0 bridgehead atoms. The third-order valence-corrected chi connectivity index (χ3v) is 3.81. The Hall–Kier alpha value is -2.15. The number of carbonyl (C=O) groups excluding carboxylic acids is 1. The zero-order valence-electron chi connectivity index (χ0n) is 11.7. The molecule has 4 heteroatoms. The van der Waals surface area contributed by atoms with E-state index in [0.717, 1.165) is 24.8 Å². The maximum absolute atomic E-state index is 12.2. The molecule has 1 N–H and O–H groups in total. The Morgan fingerprint density at radius 3 is 2.75 bits per heavy atom. The molecule has 1 aliphatic carbocycles. The predicted molar refractivity (Wildman–Crippen MR) is 77.4 cm³/mol. The van der Waals surface area contributed by atoms with Gasteiger partial charge >= 0.3 is 0 Å². The van der Waals surface area contributed by atoms with E-state index in [-0.39, 0.29) is 17.5 Å². The van der Waals surface area contributed by atoms with Crippen molar-refractivity contribution in [2.75, 3.05) is 0 Å². The molecule has 1 aromatic heterocycles. The smallest absolute Gasteiger partial charge is 0.262 e. The van der Waals surface area contributed by atoms with Crippen molar-refractivity contribution in [3.63, 3.8) is 0 Å². The summed E-state index contributed by atoms with van der Waals surface area (Å²) in [4.78, 5) is 16.1. The maximum Gasteiger partial charge on any atom is 0.262 e. The highest BCUT2D eigenvalue weighted by molar-refractivity contribution is 6.01. The van der Waals surface area contributed by atoms with E-state index in [1.165, 1.54) is 6.42 Å². The highest BCUT2D eigenvalue weighted by Crippen LogP contribution is 2.24. The number of aromatic nitrogens is 1. The molecule has 0 aromatic carbocycles. The van der Waals surface area contributed by atoms with Gasteiger partial charge in [0.25, 0.3) is 5.91 Å². The van der Waals surface area contributed by atoms with Gasteiger partial charge in [0.1, 0.15) is 11.6 Å². The molecule has 20 heavy (non-hydrogen) atoms. The number of pyridine rings is 1. The molecule has 0 radical (unpaired) electrons. The summed E-state index contributed by atoms with van der Waals surface area (Å²) < 4.78 is 0. The zero-order chi connectivity index (χ0) is 14.4. The lowest BCUT2D eigenvalue weighted by atomic mass is 9.86. The van der Waals surface area contributed by atoms with Crippen molar-refractivity contribution >= 4 is 12.0 Å². The minimum atomic E-state index is -0.275. The minimum Gasteiger partial charge on any atom is -0.348 e. The van der Waals surface area contributed by atoms with Gasteiger partial charge in [0.05, 0.1) is 0 Å². The van der Waals surface area contributed by atoms with Gasteiger partial charge in [-0.05, 0) is 42.5 Å². The van der Waals surface area contributed by atoms with Crippen molar-refractivity contribution in [2.24, 2.45) is 5.92 Å². The lowest BCUT2D eigenvalue weighted by molar-refractivity contribution is -0.118. The first-order valence-corrected chi connectivity index (χ1v) is 7.03. The second kappa shape index (κ2) is 6.85. The van der Waals surface area contributed by atoms with Crippen molar-refractivity contribution in [3.8, 4) is 6.07 Å². The number of amides is 1. The molecular formula is C16H19N3O. The van der Waals surface area contributed by atoms with Crippen molar-refractivity contribution in [3.05, 3.63) is 35.7 Å². The first-order chi connectivity index (χ1) is 9.70. The van der Waals surface area contributed by atoms with Gasteiger partial charge in [-0.25, -0.2) is 0 Å². The molecule has 0 spiro atoms. The Balaban J connectivity index is 2.06. The van der Waals surface area contributed by atoms with Gasteiger partial charge in [-0.3, -0.25) is 9.78 Å². The lowest BCUT2D eigenvalue weighted by Crippen LogP contribution is -2.41. The van der Waals surface area contributed by atoms with E-state index in [1.807, 2.05) is 6.07 Å². The van der Waals surface area contributed by atoms with E-state index < -0.39 is 0 Å². The highest BCUT2D eigenvalue weighted by atomic mass is 16.1. The number of nitrogens with zero attached hydrogens (tertiary/aromatic N) is 2. The third kappa shape index (κ3) is 3.67. The monoisotopic (exact) mass is 269 g/mol. The van der Waals surface area contributed by atoms with E-state index >= 15 is 0 Å². The fourth-order valence-corrected chi connectivity index (χ4v) is 2.55. The number of hydrogen-bond donors (Lipinski definition) is 1. The summed E-state index contributed by atoms with van der Waals surface area (Å²) >= 11 is 0. The summed E-state index contributed by atoms with van der Waals surface area (Å²) in [5, 5.41) is 12.2. The van der Waals surface area contributed by atoms with Crippen LogP contribution in [0.4, 0.5) is 0 Å². The largest absolute Gasteiger partial charge is 0.348 e. The van der Waals surface area contributed by atoms with Crippen LogP contribution in [0.2, 0.25) is 0 Å². The van der Waals surface area contributed by atoms with Gasteiger partial charge in [-0.1, -0.05) is 19.8 Å². The Morgan fingerprint density at radius 1 is 1.40 bits per heavy atom. The van der Waals surface area contributed by atoms with Gasteiger partial charge in [-0.15, -0.1) is 0 Å². The van der Waals surface area contributed by atoms with Crippen LogP contribution in [0.25, 0.3) is 6.08 Å². The molecule has 2 atom stereocenters. The lowest BCUT2D eigenvalue weighted by Gasteiger charge is -2.29. The van der Waals surface area contributed by atoms with Gasteiger partial charge in [-0.2, -0.15) is 5.26 Å². The van der Waals surface area contributed by atoms with Crippen LogP contribution in [0.5, 0.6) is 0 Å². The standard InChI is InChI=1S/C16H19N3O/c1-12-4-2-3-5-15(12)19-16(20)14(11-17)10-13-6-8-18-9-7-13/h6-10,12,15H,2-5H2,1H3,(H,19,20). The SMILES string of the molecule is CC1CCCCC1NC(=O)C(C#N)=Cc1ccncc1. The third-order valence-electron chi connectivity index (χ3n) is 3.81. The molecule has 1 aliphatic rings. The molecule has 0 saturated heterocycles. The van der Waals surface area contributed by atoms with Crippen molar-refractivity contribution in [1.82, 2.24) is 10.3 Å². The quantitative estimate of drug-likeness (QED) is 0.677. The molecule has 1 fully saturated rings. The van der Waals surface area contributed by atoms with Crippen LogP contribution in [0.1, 0.15) is 38.2 Å². The normalized spacial score (nSPS) is 22.9. The first-order valence-electron chi connectivity index (χ1n) is 7.03. The minimum absolute atomic E-state index is 0.147. The van der Waals surface area contributed by atoms with Gasteiger partial charge < -0.3 is 5.32 Å². The van der Waals surface area contributed by atoms with Gasteiger partial charge in [0.15, 0.2) is 0 Å². The first kappa shape index (κ1) is 14.3. The number of nitrogens with one attached hydrogen (secondary N) is 1. The Kier molecular flexibility index (Phi) is 4.89. The summed E-state index contributed by atoms with van der Waals surface area (Å²) in [6.45, 7) is 2.16. The maximum atomic E-state index is 12.2. The number of rotatable bonds is 3. The molecule has 0 aliphatic heterocycles. The van der Waals surface area contributed by atoms with Crippen LogP contribution >= 0.6 is 0 Å². The second-order valence-electron chi connectivity index (χ2n) is 5.29. The van der Waals surface area contributed by atoms with Gasteiger partial charge in [0.2, 0.25) is 0 Å². The molecule has 1 heterocycles. The van der Waals surface area contributed by atoms with Crippen LogP contribution in [0, 0.1) is 17.2 Å². The van der Waals surface area contributed by atoms with Crippen LogP contribution in [0.3, 0.4) is 0 Å². The van der Waals surface area contributed by atoms with E-state index in [4.69, 9.17) is 5.26 Å². The Labute approximate surface area is 119 Å². The highest BCUT2D eigenvalue weighted by Gasteiger charge is 2.23. The molecule has 1 aromatic rings. The van der Waals surface area contributed by atoms with Crippen molar-refractivity contribution in [2.45, 2.75) is 38.6 Å². The van der Waals surface area contributed by atoms with E-state index in [0.29, 0.717) is 5.92 Å². The van der Waals surface area contributed by atoms with Crippen LogP contribution < -0.4 is 5.32 Å². The van der Waals surface area contributed by atoms with Crippen molar-refractivity contribution in [1.29, 1.82) is 5.26 Å². The Morgan fingerprint density at radius 2 is 2.10 bits per heavy atom.